The number of hydrogen-bond donors (Lipinski definition) is 0. The molecule has 2 aliphatic carbocycles. The molecule has 24 heavy (non-hydrogen) atoms. The maximum atomic E-state index is 12.4. The molecule has 1 aromatic heterocycles. The summed E-state index contributed by atoms with van der Waals surface area (Å²) in [5, 5.41) is 0.703. The van der Waals surface area contributed by atoms with E-state index in [2.05, 4.69) is 11.1 Å². The van der Waals surface area contributed by atoms with E-state index < -0.39 is 0 Å². The van der Waals surface area contributed by atoms with Gasteiger partial charge in [-0.2, -0.15) is 0 Å². The van der Waals surface area contributed by atoms with Crippen LogP contribution in [0.1, 0.15) is 54.3 Å². The molecule has 0 aliphatic heterocycles. The Morgan fingerprint density at radius 1 is 1.21 bits per heavy atom. The van der Waals surface area contributed by atoms with Crippen LogP contribution < -0.4 is 0 Å². The first-order chi connectivity index (χ1) is 11.7. The average molecular weight is 342 g/mol. The third kappa shape index (κ3) is 2.93. The number of halogens is 1. The third-order valence-corrected chi connectivity index (χ3v) is 5.23. The number of esters is 1. The average Bonchev–Trinajstić information content (AvgIpc) is 3.48. The molecule has 124 valence electrons. The summed E-state index contributed by atoms with van der Waals surface area (Å²) in [5.74, 6) is 0.657. The summed E-state index contributed by atoms with van der Waals surface area (Å²) in [6.45, 7) is 2.26. The minimum Gasteiger partial charge on any atom is -0.466 e. The molecule has 2 saturated carbocycles. The topological polar surface area (TPSA) is 39.2 Å². The van der Waals surface area contributed by atoms with Crippen molar-refractivity contribution in [2.75, 3.05) is 6.61 Å². The number of nitrogens with zero attached hydrogens (tertiary/aromatic N) is 1. The molecule has 3 nitrogen and oxygen atoms in total. The van der Waals surface area contributed by atoms with Crippen molar-refractivity contribution in [3.05, 3.63) is 64.4 Å². The molecule has 2 aliphatic rings. The van der Waals surface area contributed by atoms with Crippen molar-refractivity contribution in [1.82, 2.24) is 4.98 Å². The molecule has 3 atom stereocenters. The van der Waals surface area contributed by atoms with Crippen LogP contribution in [0.2, 0.25) is 5.02 Å². The molecule has 4 rings (SSSR count). The highest BCUT2D eigenvalue weighted by Gasteiger charge is 2.57. The van der Waals surface area contributed by atoms with Gasteiger partial charge in [0.05, 0.1) is 12.5 Å². The molecule has 4 heteroatoms. The number of rotatable bonds is 5. The Morgan fingerprint density at radius 2 is 1.96 bits per heavy atom. The first-order valence-corrected chi connectivity index (χ1v) is 8.94. The fourth-order valence-corrected chi connectivity index (χ4v) is 3.86. The Hall–Kier alpha value is -1.87. The van der Waals surface area contributed by atoms with Crippen LogP contribution in [0.5, 0.6) is 0 Å². The number of carbonyl (C=O) groups excluding carboxylic acids is 1. The van der Waals surface area contributed by atoms with Gasteiger partial charge in [0.2, 0.25) is 0 Å². The SMILES string of the molecule is CCOC(=O)[C@@H]1[C@H](c2cccc(Cl)c2)[C@H]1c1ccnc(C2CC2)c1. The van der Waals surface area contributed by atoms with Crippen LogP contribution in [0.25, 0.3) is 0 Å². The molecule has 0 unspecified atom stereocenters. The van der Waals surface area contributed by atoms with Gasteiger partial charge in [-0.3, -0.25) is 9.78 Å². The fraction of sp³-hybridized carbons (Fsp3) is 0.400. The molecule has 0 spiro atoms. The normalized spacial score (nSPS) is 25.3. The lowest BCUT2D eigenvalue weighted by Gasteiger charge is -2.04. The van der Waals surface area contributed by atoms with Crippen molar-refractivity contribution in [2.24, 2.45) is 5.92 Å². The predicted octanol–water partition coefficient (Wildman–Crippen LogP) is 4.67. The van der Waals surface area contributed by atoms with Gasteiger partial charge in [-0.1, -0.05) is 23.7 Å². The molecule has 0 radical (unpaired) electrons. The Labute approximate surface area is 147 Å². The van der Waals surface area contributed by atoms with Crippen molar-refractivity contribution in [3.63, 3.8) is 0 Å². The largest absolute Gasteiger partial charge is 0.466 e. The van der Waals surface area contributed by atoms with Crippen molar-refractivity contribution >= 4 is 17.6 Å². The van der Waals surface area contributed by atoms with Gasteiger partial charge >= 0.3 is 5.97 Å². The highest BCUT2D eigenvalue weighted by Crippen LogP contribution is 2.61. The third-order valence-electron chi connectivity index (χ3n) is 5.00. The van der Waals surface area contributed by atoms with Crippen molar-refractivity contribution in [1.29, 1.82) is 0 Å². The standard InChI is InChI=1S/C20H20ClNO2/c1-2-24-20(23)19-17(13-4-3-5-15(21)10-13)18(19)14-8-9-22-16(11-14)12-6-7-12/h3-5,8-12,17-19H,2,6-7H2,1H3/t17-,18-,19-/m1/s1. The molecule has 0 N–H and O–H groups in total. The number of ether oxygens (including phenoxy) is 1. The minimum absolute atomic E-state index is 0.114. The van der Waals surface area contributed by atoms with E-state index in [1.807, 2.05) is 43.5 Å². The maximum absolute atomic E-state index is 12.4. The number of benzene rings is 1. The molecule has 2 aromatic rings. The van der Waals surface area contributed by atoms with E-state index in [4.69, 9.17) is 16.3 Å². The predicted molar refractivity (Wildman–Crippen MR) is 93.3 cm³/mol. The van der Waals surface area contributed by atoms with E-state index in [1.54, 1.807) is 0 Å². The fourth-order valence-electron chi connectivity index (χ4n) is 3.66. The second kappa shape index (κ2) is 6.21. The summed E-state index contributed by atoms with van der Waals surface area (Å²) < 4.78 is 5.30. The molecule has 0 amide bonds. The van der Waals surface area contributed by atoms with Crippen LogP contribution in [-0.4, -0.2) is 17.6 Å². The monoisotopic (exact) mass is 341 g/mol. The Bertz CT molecular complexity index is 772. The van der Waals surface area contributed by atoms with Crippen LogP contribution in [-0.2, 0) is 9.53 Å². The van der Waals surface area contributed by atoms with Crippen molar-refractivity contribution in [2.45, 2.75) is 37.5 Å². The molecular formula is C20H20ClNO2. The van der Waals surface area contributed by atoms with E-state index >= 15 is 0 Å². The Balaban J connectivity index is 1.66. The van der Waals surface area contributed by atoms with Crippen LogP contribution in [0.3, 0.4) is 0 Å². The van der Waals surface area contributed by atoms with E-state index in [0.29, 0.717) is 17.5 Å². The van der Waals surface area contributed by atoms with Gasteiger partial charge in [0, 0.05) is 34.7 Å². The van der Waals surface area contributed by atoms with E-state index in [-0.39, 0.29) is 23.7 Å². The van der Waals surface area contributed by atoms with Gasteiger partial charge < -0.3 is 4.74 Å². The lowest BCUT2D eigenvalue weighted by atomic mass is 10.0. The summed E-state index contributed by atoms with van der Waals surface area (Å²) in [5.41, 5.74) is 3.46. The number of aromatic nitrogens is 1. The van der Waals surface area contributed by atoms with Gasteiger partial charge in [0.25, 0.3) is 0 Å². The van der Waals surface area contributed by atoms with Crippen LogP contribution in [0.4, 0.5) is 0 Å². The van der Waals surface area contributed by atoms with Gasteiger partial charge in [-0.05, 0) is 55.2 Å². The number of pyridine rings is 1. The lowest BCUT2D eigenvalue weighted by Crippen LogP contribution is -2.08. The molecule has 0 saturated heterocycles. The van der Waals surface area contributed by atoms with Crippen molar-refractivity contribution in [3.8, 4) is 0 Å². The zero-order chi connectivity index (χ0) is 16.7. The second-order valence-electron chi connectivity index (χ2n) is 6.67. The van der Waals surface area contributed by atoms with Gasteiger partial charge in [0.1, 0.15) is 0 Å². The molecular weight excluding hydrogens is 322 g/mol. The summed E-state index contributed by atoms with van der Waals surface area (Å²) in [4.78, 5) is 16.9. The Kier molecular flexibility index (Phi) is 4.05. The van der Waals surface area contributed by atoms with E-state index in [1.165, 1.54) is 18.4 Å². The van der Waals surface area contributed by atoms with Gasteiger partial charge in [-0.15, -0.1) is 0 Å². The van der Waals surface area contributed by atoms with E-state index in [0.717, 1.165) is 11.3 Å². The number of hydrogen-bond acceptors (Lipinski definition) is 3. The van der Waals surface area contributed by atoms with Crippen LogP contribution in [0.15, 0.2) is 42.6 Å². The molecule has 0 bridgehead atoms. The summed E-state index contributed by atoms with van der Waals surface area (Å²) >= 11 is 6.15. The zero-order valence-corrected chi connectivity index (χ0v) is 14.4. The Morgan fingerprint density at radius 3 is 2.62 bits per heavy atom. The highest BCUT2D eigenvalue weighted by atomic mass is 35.5. The zero-order valence-electron chi connectivity index (χ0n) is 13.6. The molecule has 1 aromatic carbocycles. The quantitative estimate of drug-likeness (QED) is 0.742. The summed E-state index contributed by atoms with van der Waals surface area (Å²) in [7, 11) is 0. The maximum Gasteiger partial charge on any atom is 0.310 e. The molecule has 2 fully saturated rings. The van der Waals surface area contributed by atoms with Crippen LogP contribution >= 0.6 is 11.6 Å². The van der Waals surface area contributed by atoms with Gasteiger partial charge in [0.15, 0.2) is 0 Å². The summed E-state index contributed by atoms with van der Waals surface area (Å²) in [6, 6.07) is 12.0. The summed E-state index contributed by atoms with van der Waals surface area (Å²) in [6.07, 6.45) is 4.32. The van der Waals surface area contributed by atoms with Crippen molar-refractivity contribution < 1.29 is 9.53 Å². The lowest BCUT2D eigenvalue weighted by molar-refractivity contribution is -0.144. The number of carbonyl (C=O) groups is 1. The second-order valence-corrected chi connectivity index (χ2v) is 7.11. The smallest absolute Gasteiger partial charge is 0.310 e. The van der Waals surface area contributed by atoms with Crippen LogP contribution in [0, 0.1) is 5.92 Å². The highest BCUT2D eigenvalue weighted by molar-refractivity contribution is 6.30. The molecule has 1 heterocycles. The van der Waals surface area contributed by atoms with E-state index in [9.17, 15) is 4.79 Å². The first kappa shape index (κ1) is 15.6. The first-order valence-electron chi connectivity index (χ1n) is 8.57. The minimum atomic E-state index is -0.127. The van der Waals surface area contributed by atoms with Gasteiger partial charge in [-0.25, -0.2) is 0 Å².